The predicted molar refractivity (Wildman–Crippen MR) is 90.7 cm³/mol. The molecule has 0 aliphatic carbocycles. The van der Waals surface area contributed by atoms with Crippen molar-refractivity contribution in [2.24, 2.45) is 0 Å². The van der Waals surface area contributed by atoms with Gasteiger partial charge in [0.1, 0.15) is 5.75 Å². The van der Waals surface area contributed by atoms with E-state index < -0.39 is 0 Å². The highest BCUT2D eigenvalue weighted by Crippen LogP contribution is 2.12. The number of benzene rings is 1. The lowest BCUT2D eigenvalue weighted by atomic mass is 10.2. The van der Waals surface area contributed by atoms with E-state index in [9.17, 15) is 4.79 Å². The number of ether oxygens (including phenoxy) is 1. The number of hydrogen-bond donors (Lipinski definition) is 2. The fourth-order valence-corrected chi connectivity index (χ4v) is 2.69. The molecule has 2 N–H and O–H groups in total. The Hall–Kier alpha value is -2.01. The summed E-state index contributed by atoms with van der Waals surface area (Å²) in [5, 5.41) is 7.73. The molecule has 0 atom stereocenters. The summed E-state index contributed by atoms with van der Waals surface area (Å²) < 4.78 is 5.63. The number of amides is 2. The molecule has 5 heteroatoms. The van der Waals surface area contributed by atoms with Crippen LogP contribution in [0.3, 0.4) is 0 Å². The van der Waals surface area contributed by atoms with Crippen molar-refractivity contribution in [1.29, 1.82) is 0 Å². The molecule has 4 nitrogen and oxygen atoms in total. The van der Waals surface area contributed by atoms with E-state index in [1.165, 1.54) is 10.4 Å². The normalized spacial score (nSPS) is 10.2. The summed E-state index contributed by atoms with van der Waals surface area (Å²) in [7, 11) is 0. The maximum Gasteiger partial charge on any atom is 0.314 e. The van der Waals surface area contributed by atoms with E-state index in [-0.39, 0.29) is 6.03 Å². The molecule has 0 bridgehead atoms. The van der Waals surface area contributed by atoms with Crippen LogP contribution in [-0.4, -0.2) is 25.7 Å². The first-order valence-electron chi connectivity index (χ1n) is 7.47. The molecule has 0 spiro atoms. The minimum Gasteiger partial charge on any atom is -0.494 e. The number of carbonyl (C=O) groups is 1. The van der Waals surface area contributed by atoms with Gasteiger partial charge in [0, 0.05) is 18.0 Å². The van der Waals surface area contributed by atoms with Gasteiger partial charge in [-0.3, -0.25) is 0 Å². The van der Waals surface area contributed by atoms with E-state index in [2.05, 4.69) is 16.7 Å². The third kappa shape index (κ3) is 6.18. The second-order valence-corrected chi connectivity index (χ2v) is 6.06. The molecule has 0 aliphatic rings. The minimum atomic E-state index is -0.118. The lowest BCUT2D eigenvalue weighted by Gasteiger charge is -2.09. The van der Waals surface area contributed by atoms with Crippen LogP contribution >= 0.6 is 11.3 Å². The lowest BCUT2D eigenvalue weighted by Crippen LogP contribution is -2.37. The van der Waals surface area contributed by atoms with Gasteiger partial charge in [-0.05, 0) is 48.9 Å². The van der Waals surface area contributed by atoms with Gasteiger partial charge in [0.2, 0.25) is 0 Å². The topological polar surface area (TPSA) is 50.4 Å². The number of aryl methyl sites for hydroxylation is 1. The first-order valence-corrected chi connectivity index (χ1v) is 8.35. The van der Waals surface area contributed by atoms with Crippen molar-refractivity contribution in [3.8, 4) is 5.75 Å². The van der Waals surface area contributed by atoms with Gasteiger partial charge in [-0.2, -0.15) is 0 Å². The summed E-state index contributed by atoms with van der Waals surface area (Å²) in [6.45, 7) is 3.90. The Bertz CT molecular complexity index is 570. The minimum absolute atomic E-state index is 0.118. The Balaban J connectivity index is 1.50. The van der Waals surface area contributed by atoms with Gasteiger partial charge >= 0.3 is 6.03 Å². The van der Waals surface area contributed by atoms with Crippen LogP contribution < -0.4 is 15.4 Å². The van der Waals surface area contributed by atoms with Gasteiger partial charge in [0.25, 0.3) is 0 Å². The van der Waals surface area contributed by atoms with E-state index >= 15 is 0 Å². The van der Waals surface area contributed by atoms with Crippen LogP contribution in [0.2, 0.25) is 0 Å². The molecular formula is C17H22N2O2S. The zero-order valence-electron chi connectivity index (χ0n) is 12.8. The average Bonchev–Trinajstić information content (AvgIpc) is 3.00. The fourth-order valence-electron chi connectivity index (χ4n) is 1.99. The first kappa shape index (κ1) is 16.4. The molecule has 1 heterocycles. The van der Waals surface area contributed by atoms with E-state index in [0.717, 1.165) is 18.6 Å². The van der Waals surface area contributed by atoms with Gasteiger partial charge in [0.05, 0.1) is 6.61 Å². The zero-order chi connectivity index (χ0) is 15.6. The molecule has 2 amide bonds. The maximum atomic E-state index is 11.6. The Kier molecular flexibility index (Phi) is 6.77. The van der Waals surface area contributed by atoms with E-state index in [1.54, 1.807) is 11.3 Å². The molecule has 2 aromatic rings. The number of urea groups is 1. The van der Waals surface area contributed by atoms with Gasteiger partial charge < -0.3 is 15.4 Å². The number of carbonyl (C=O) groups excluding carboxylic acids is 1. The fraction of sp³-hybridized carbons (Fsp3) is 0.353. The Morgan fingerprint density at radius 1 is 1.18 bits per heavy atom. The molecule has 0 saturated carbocycles. The van der Waals surface area contributed by atoms with Crippen LogP contribution in [0.15, 0.2) is 41.8 Å². The number of nitrogens with one attached hydrogen (secondary N) is 2. The molecule has 0 saturated heterocycles. The van der Waals surface area contributed by atoms with Crippen LogP contribution in [0.25, 0.3) is 0 Å². The molecule has 1 aromatic carbocycles. The largest absolute Gasteiger partial charge is 0.494 e. The van der Waals surface area contributed by atoms with E-state index in [1.807, 2.05) is 42.6 Å². The summed E-state index contributed by atoms with van der Waals surface area (Å²) in [4.78, 5) is 12.9. The van der Waals surface area contributed by atoms with Gasteiger partial charge in [-0.25, -0.2) is 4.79 Å². The van der Waals surface area contributed by atoms with Crippen LogP contribution in [0.5, 0.6) is 5.75 Å². The third-order valence-electron chi connectivity index (χ3n) is 3.10. The van der Waals surface area contributed by atoms with Gasteiger partial charge in [-0.15, -0.1) is 11.3 Å². The van der Waals surface area contributed by atoms with Crippen molar-refractivity contribution >= 4 is 17.4 Å². The van der Waals surface area contributed by atoms with E-state index in [4.69, 9.17) is 4.74 Å². The van der Waals surface area contributed by atoms with Gasteiger partial charge in [0.15, 0.2) is 0 Å². The molecule has 22 heavy (non-hydrogen) atoms. The van der Waals surface area contributed by atoms with Crippen LogP contribution in [0, 0.1) is 6.92 Å². The number of rotatable bonds is 8. The third-order valence-corrected chi connectivity index (χ3v) is 4.04. The van der Waals surface area contributed by atoms with Crippen molar-refractivity contribution in [3.63, 3.8) is 0 Å². The number of thiophene rings is 1. The van der Waals surface area contributed by atoms with Gasteiger partial charge in [-0.1, -0.05) is 18.2 Å². The first-order chi connectivity index (χ1) is 10.7. The highest BCUT2D eigenvalue weighted by molar-refractivity contribution is 7.09. The Morgan fingerprint density at radius 3 is 2.82 bits per heavy atom. The van der Waals surface area contributed by atoms with Crippen LogP contribution in [0.1, 0.15) is 16.9 Å². The lowest BCUT2D eigenvalue weighted by molar-refractivity contribution is 0.239. The summed E-state index contributed by atoms with van der Waals surface area (Å²) in [6.07, 6.45) is 1.66. The summed E-state index contributed by atoms with van der Waals surface area (Å²) in [5.41, 5.74) is 1.18. The second-order valence-electron chi connectivity index (χ2n) is 5.03. The zero-order valence-corrected chi connectivity index (χ0v) is 13.6. The highest BCUT2D eigenvalue weighted by Gasteiger charge is 2.00. The summed E-state index contributed by atoms with van der Waals surface area (Å²) in [5.74, 6) is 0.875. The predicted octanol–water partition coefficient (Wildman–Crippen LogP) is 3.37. The molecule has 118 valence electrons. The van der Waals surface area contributed by atoms with Crippen molar-refractivity contribution < 1.29 is 9.53 Å². The highest BCUT2D eigenvalue weighted by atomic mass is 32.1. The van der Waals surface area contributed by atoms with Crippen molar-refractivity contribution in [2.45, 2.75) is 19.8 Å². The maximum absolute atomic E-state index is 11.6. The molecule has 2 rings (SSSR count). The molecule has 1 aromatic heterocycles. The molecule has 0 aliphatic heterocycles. The van der Waals surface area contributed by atoms with Crippen molar-refractivity contribution in [3.05, 3.63) is 52.2 Å². The molecule has 0 fully saturated rings. The SMILES string of the molecule is Cc1cccc(OCCCNC(=O)NCCc2cccs2)c1. The second kappa shape index (κ2) is 9.10. The van der Waals surface area contributed by atoms with E-state index in [0.29, 0.717) is 19.7 Å². The summed E-state index contributed by atoms with van der Waals surface area (Å²) >= 11 is 1.71. The van der Waals surface area contributed by atoms with Crippen molar-refractivity contribution in [1.82, 2.24) is 10.6 Å². The Morgan fingerprint density at radius 2 is 2.05 bits per heavy atom. The van der Waals surface area contributed by atoms with Crippen LogP contribution in [0.4, 0.5) is 4.79 Å². The molecule has 0 unspecified atom stereocenters. The van der Waals surface area contributed by atoms with Crippen LogP contribution in [-0.2, 0) is 6.42 Å². The van der Waals surface area contributed by atoms with Crippen molar-refractivity contribution in [2.75, 3.05) is 19.7 Å². The molecule has 0 radical (unpaired) electrons. The average molecular weight is 318 g/mol. The standard InChI is InChI=1S/C17H22N2O2S/c1-14-5-2-6-15(13-14)21-11-4-9-18-17(20)19-10-8-16-7-3-12-22-16/h2-3,5-7,12-13H,4,8-11H2,1H3,(H2,18,19,20). The summed E-state index contributed by atoms with van der Waals surface area (Å²) in [6, 6.07) is 11.9. The monoisotopic (exact) mass is 318 g/mol. The smallest absolute Gasteiger partial charge is 0.314 e. The molecular weight excluding hydrogens is 296 g/mol. The quantitative estimate of drug-likeness (QED) is 0.733. The Labute approximate surface area is 135 Å². The number of hydrogen-bond acceptors (Lipinski definition) is 3.